The standard InChI is InChI=1S/C9H9ClINO/c1-6-7(10)3-2-4-8(6)12-9(13)5-11/h2-4H,5H2,1H3,(H,12,13). The molecule has 2 nitrogen and oxygen atoms in total. The van der Waals surface area contributed by atoms with E-state index in [0.717, 1.165) is 11.3 Å². The normalized spacial score (nSPS) is 9.77. The second kappa shape index (κ2) is 4.81. The van der Waals surface area contributed by atoms with E-state index in [1.165, 1.54) is 0 Å². The summed E-state index contributed by atoms with van der Waals surface area (Å²) >= 11 is 7.90. The van der Waals surface area contributed by atoms with Crippen molar-refractivity contribution in [2.75, 3.05) is 9.74 Å². The van der Waals surface area contributed by atoms with Crippen LogP contribution in [0.3, 0.4) is 0 Å². The molecule has 0 spiro atoms. The molecule has 1 aromatic rings. The highest BCUT2D eigenvalue weighted by atomic mass is 127. The fourth-order valence-corrected chi connectivity index (χ4v) is 1.29. The van der Waals surface area contributed by atoms with Gasteiger partial charge in [-0.25, -0.2) is 0 Å². The van der Waals surface area contributed by atoms with E-state index >= 15 is 0 Å². The molecule has 0 atom stereocenters. The van der Waals surface area contributed by atoms with E-state index in [4.69, 9.17) is 11.6 Å². The van der Waals surface area contributed by atoms with Crippen molar-refractivity contribution in [3.8, 4) is 0 Å². The van der Waals surface area contributed by atoms with Gasteiger partial charge in [0.25, 0.3) is 0 Å². The Morgan fingerprint density at radius 1 is 1.62 bits per heavy atom. The van der Waals surface area contributed by atoms with Crippen molar-refractivity contribution in [1.29, 1.82) is 0 Å². The first-order valence-corrected chi connectivity index (χ1v) is 5.66. The van der Waals surface area contributed by atoms with Gasteiger partial charge in [0.1, 0.15) is 0 Å². The Balaban J connectivity index is 2.89. The van der Waals surface area contributed by atoms with Crippen LogP contribution in [0.2, 0.25) is 5.02 Å². The number of carbonyl (C=O) groups excluding carboxylic acids is 1. The summed E-state index contributed by atoms with van der Waals surface area (Å²) in [5, 5.41) is 3.44. The van der Waals surface area contributed by atoms with Gasteiger partial charge in [0.2, 0.25) is 5.91 Å². The lowest BCUT2D eigenvalue weighted by molar-refractivity contribution is -0.113. The molecule has 70 valence electrons. The van der Waals surface area contributed by atoms with E-state index in [1.54, 1.807) is 6.07 Å². The Labute approximate surface area is 95.8 Å². The summed E-state index contributed by atoms with van der Waals surface area (Å²) in [5.41, 5.74) is 1.69. The molecule has 0 aliphatic rings. The maximum Gasteiger partial charge on any atom is 0.234 e. The molecule has 1 aromatic carbocycles. The molecule has 0 saturated heterocycles. The summed E-state index contributed by atoms with van der Waals surface area (Å²) in [5.74, 6) is -0.00836. The molecule has 1 N–H and O–H groups in total. The molecule has 0 heterocycles. The molecule has 1 amide bonds. The van der Waals surface area contributed by atoms with Gasteiger partial charge in [-0.3, -0.25) is 4.79 Å². The second-order valence-corrected chi connectivity index (χ2v) is 3.76. The first-order chi connectivity index (χ1) is 6.15. The van der Waals surface area contributed by atoms with Gasteiger partial charge in [0, 0.05) is 10.7 Å². The Kier molecular flexibility index (Phi) is 3.99. The molecular formula is C9H9ClINO. The molecule has 0 aliphatic carbocycles. The number of benzene rings is 1. The summed E-state index contributed by atoms with van der Waals surface area (Å²) in [6.07, 6.45) is 0. The van der Waals surface area contributed by atoms with Crippen LogP contribution in [0.5, 0.6) is 0 Å². The number of carbonyl (C=O) groups is 1. The molecule has 0 saturated carbocycles. The fraction of sp³-hybridized carbons (Fsp3) is 0.222. The van der Waals surface area contributed by atoms with Crippen LogP contribution in [0.25, 0.3) is 0 Å². The van der Waals surface area contributed by atoms with E-state index in [0.29, 0.717) is 9.45 Å². The number of anilines is 1. The first-order valence-electron chi connectivity index (χ1n) is 3.76. The van der Waals surface area contributed by atoms with Gasteiger partial charge in [0.05, 0.1) is 4.43 Å². The van der Waals surface area contributed by atoms with Crippen LogP contribution < -0.4 is 5.32 Å². The van der Waals surface area contributed by atoms with Crippen molar-refractivity contribution in [2.24, 2.45) is 0 Å². The van der Waals surface area contributed by atoms with Crippen LogP contribution >= 0.6 is 34.2 Å². The lowest BCUT2D eigenvalue weighted by Gasteiger charge is -2.07. The van der Waals surface area contributed by atoms with Crippen LogP contribution in [-0.2, 0) is 4.79 Å². The average molecular weight is 310 g/mol. The van der Waals surface area contributed by atoms with Gasteiger partial charge in [-0.1, -0.05) is 40.3 Å². The number of nitrogens with one attached hydrogen (secondary N) is 1. The van der Waals surface area contributed by atoms with E-state index in [9.17, 15) is 4.79 Å². The molecule has 0 radical (unpaired) electrons. The van der Waals surface area contributed by atoms with Gasteiger partial charge in [0.15, 0.2) is 0 Å². The zero-order valence-corrected chi connectivity index (χ0v) is 10.0. The number of halogens is 2. The van der Waals surface area contributed by atoms with Crippen LogP contribution in [-0.4, -0.2) is 10.3 Å². The topological polar surface area (TPSA) is 29.1 Å². The molecule has 1 rings (SSSR count). The van der Waals surface area contributed by atoms with Crippen molar-refractivity contribution in [3.63, 3.8) is 0 Å². The number of hydrogen-bond donors (Lipinski definition) is 1. The lowest BCUT2D eigenvalue weighted by atomic mass is 10.2. The SMILES string of the molecule is Cc1c(Cl)cccc1NC(=O)CI. The van der Waals surface area contributed by atoms with Crippen molar-refractivity contribution >= 4 is 45.8 Å². The monoisotopic (exact) mass is 309 g/mol. The molecule has 0 aliphatic heterocycles. The Morgan fingerprint density at radius 3 is 2.92 bits per heavy atom. The zero-order valence-electron chi connectivity index (χ0n) is 7.10. The summed E-state index contributed by atoms with van der Waals surface area (Å²) in [7, 11) is 0. The summed E-state index contributed by atoms with van der Waals surface area (Å²) in [6.45, 7) is 1.88. The second-order valence-electron chi connectivity index (χ2n) is 2.59. The van der Waals surface area contributed by atoms with Gasteiger partial charge in [-0.05, 0) is 24.6 Å². The third kappa shape index (κ3) is 2.84. The molecule has 0 bridgehead atoms. The summed E-state index contributed by atoms with van der Waals surface area (Å²) in [4.78, 5) is 11.1. The highest BCUT2D eigenvalue weighted by molar-refractivity contribution is 14.1. The van der Waals surface area contributed by atoms with Gasteiger partial charge >= 0.3 is 0 Å². The Bertz CT molecular complexity index is 327. The van der Waals surface area contributed by atoms with Gasteiger partial charge in [-0.15, -0.1) is 0 Å². The fourth-order valence-electron chi connectivity index (χ4n) is 0.926. The minimum absolute atomic E-state index is 0.00836. The largest absolute Gasteiger partial charge is 0.325 e. The number of amides is 1. The maximum absolute atomic E-state index is 11.1. The molecule has 0 aromatic heterocycles. The third-order valence-electron chi connectivity index (χ3n) is 1.66. The van der Waals surface area contributed by atoms with E-state index in [-0.39, 0.29) is 5.91 Å². The van der Waals surface area contributed by atoms with Crippen molar-refractivity contribution in [3.05, 3.63) is 28.8 Å². The van der Waals surface area contributed by atoms with Crippen molar-refractivity contribution in [2.45, 2.75) is 6.92 Å². The quantitative estimate of drug-likeness (QED) is 0.660. The minimum atomic E-state index is -0.00836. The number of rotatable bonds is 2. The maximum atomic E-state index is 11.1. The van der Waals surface area contributed by atoms with Crippen LogP contribution in [0.15, 0.2) is 18.2 Å². The number of hydrogen-bond acceptors (Lipinski definition) is 1. The Morgan fingerprint density at radius 2 is 2.31 bits per heavy atom. The van der Waals surface area contributed by atoms with Gasteiger partial charge in [-0.2, -0.15) is 0 Å². The summed E-state index contributed by atoms with van der Waals surface area (Å²) < 4.78 is 0.448. The first kappa shape index (κ1) is 10.8. The predicted octanol–water partition coefficient (Wildman–Crippen LogP) is 3.02. The summed E-state index contributed by atoms with van der Waals surface area (Å²) in [6, 6.07) is 5.46. The van der Waals surface area contributed by atoms with E-state index in [2.05, 4.69) is 5.32 Å². The van der Waals surface area contributed by atoms with E-state index < -0.39 is 0 Å². The van der Waals surface area contributed by atoms with Crippen LogP contribution in [0.1, 0.15) is 5.56 Å². The average Bonchev–Trinajstić information content (AvgIpc) is 2.13. The lowest BCUT2D eigenvalue weighted by Crippen LogP contribution is -2.13. The molecule has 13 heavy (non-hydrogen) atoms. The highest BCUT2D eigenvalue weighted by Crippen LogP contribution is 2.22. The molecule has 0 fully saturated rings. The van der Waals surface area contributed by atoms with Crippen molar-refractivity contribution in [1.82, 2.24) is 0 Å². The van der Waals surface area contributed by atoms with Gasteiger partial charge < -0.3 is 5.32 Å². The third-order valence-corrected chi connectivity index (χ3v) is 2.77. The minimum Gasteiger partial charge on any atom is -0.325 e. The van der Waals surface area contributed by atoms with Crippen LogP contribution in [0, 0.1) is 6.92 Å². The highest BCUT2D eigenvalue weighted by Gasteiger charge is 2.04. The molecular weight excluding hydrogens is 300 g/mol. The molecule has 4 heteroatoms. The van der Waals surface area contributed by atoms with Crippen molar-refractivity contribution < 1.29 is 4.79 Å². The smallest absolute Gasteiger partial charge is 0.234 e. The predicted molar refractivity (Wildman–Crippen MR) is 63.7 cm³/mol. The van der Waals surface area contributed by atoms with Crippen LogP contribution in [0.4, 0.5) is 5.69 Å². The van der Waals surface area contributed by atoms with E-state index in [1.807, 2.05) is 41.6 Å². The Hall–Kier alpha value is -0.290. The number of alkyl halides is 1. The zero-order chi connectivity index (χ0) is 9.84. The molecule has 0 unspecified atom stereocenters.